The van der Waals surface area contributed by atoms with Crippen LogP contribution in [0.3, 0.4) is 0 Å². The Labute approximate surface area is 172 Å². The van der Waals surface area contributed by atoms with Crippen LogP contribution in [0.5, 0.6) is 0 Å². The van der Waals surface area contributed by atoms with Gasteiger partial charge in [0.05, 0.1) is 11.6 Å². The van der Waals surface area contributed by atoms with Gasteiger partial charge in [0.1, 0.15) is 0 Å². The number of alkyl halides is 9. The van der Waals surface area contributed by atoms with Gasteiger partial charge in [-0.15, -0.1) is 0 Å². The van der Waals surface area contributed by atoms with Crippen molar-refractivity contribution in [1.29, 1.82) is 5.26 Å². The van der Waals surface area contributed by atoms with E-state index in [1.165, 1.54) is 13.8 Å². The van der Waals surface area contributed by atoms with E-state index in [-0.39, 0.29) is 35.1 Å². The molecule has 0 amide bonds. The van der Waals surface area contributed by atoms with Gasteiger partial charge in [0.2, 0.25) is 0 Å². The van der Waals surface area contributed by atoms with Crippen molar-refractivity contribution in [3.05, 3.63) is 58.7 Å². The van der Waals surface area contributed by atoms with Gasteiger partial charge in [-0.2, -0.15) is 40.4 Å². The quantitative estimate of drug-likeness (QED) is 0.445. The highest BCUT2D eigenvalue weighted by atomic mass is 19.4. The van der Waals surface area contributed by atoms with Crippen molar-refractivity contribution in [2.45, 2.75) is 50.6 Å². The van der Waals surface area contributed by atoms with Gasteiger partial charge in [0.15, 0.2) is 0 Å². The molecule has 0 N–H and O–H groups in total. The molecule has 0 saturated heterocycles. The van der Waals surface area contributed by atoms with Gasteiger partial charge in [-0.1, -0.05) is 32.0 Å². The van der Waals surface area contributed by atoms with Crippen molar-refractivity contribution >= 4 is 0 Å². The minimum atomic E-state index is -6.82. The fraction of sp³-hybridized carbons (Fsp3) is 0.381. The van der Waals surface area contributed by atoms with Gasteiger partial charge in [0, 0.05) is 5.56 Å². The predicted molar refractivity (Wildman–Crippen MR) is 94.0 cm³/mol. The molecule has 0 bridgehead atoms. The van der Waals surface area contributed by atoms with Crippen LogP contribution in [0, 0.1) is 17.4 Å². The maximum absolute atomic E-state index is 15.4. The van der Waals surface area contributed by atoms with Gasteiger partial charge in [0.25, 0.3) is 0 Å². The van der Waals surface area contributed by atoms with Gasteiger partial charge in [-0.05, 0) is 53.3 Å². The number of hydrogen-bond acceptors (Lipinski definition) is 1. The van der Waals surface area contributed by atoms with Crippen LogP contribution in [-0.4, -0.2) is 18.3 Å². The van der Waals surface area contributed by atoms with Crippen LogP contribution >= 0.6 is 0 Å². The first-order chi connectivity index (χ1) is 14.2. The topological polar surface area (TPSA) is 23.8 Å². The number of nitriles is 1. The van der Waals surface area contributed by atoms with Crippen molar-refractivity contribution in [3.8, 4) is 17.2 Å². The molecule has 0 saturated carbocycles. The number of hydrogen-bond donors (Lipinski definition) is 0. The molecule has 2 aromatic rings. The van der Waals surface area contributed by atoms with Crippen LogP contribution in [-0.2, 0) is 18.5 Å². The highest BCUT2D eigenvalue weighted by Crippen LogP contribution is 2.60. The lowest BCUT2D eigenvalue weighted by Gasteiger charge is -2.38. The molecule has 10 heteroatoms. The standard InChI is InChI=1S/C21H15F9N/c1-3-12-9-14(4-2)17(15-7-5-13(11-31)6-8-15)16(10-12)18(22,20(25,26)27)19(23,24)21(28,29)30/h5-8,10H,3-4H2,1-2H3. The zero-order chi connectivity index (χ0) is 23.8. The van der Waals surface area contributed by atoms with Gasteiger partial charge >= 0.3 is 23.9 Å². The van der Waals surface area contributed by atoms with E-state index in [1.54, 1.807) is 6.07 Å². The summed E-state index contributed by atoms with van der Waals surface area (Å²) < 4.78 is 124. The van der Waals surface area contributed by atoms with E-state index in [4.69, 9.17) is 5.26 Å². The fourth-order valence-electron chi connectivity index (χ4n) is 3.16. The Kier molecular flexibility index (Phi) is 6.41. The molecule has 0 heterocycles. The van der Waals surface area contributed by atoms with Crippen LogP contribution < -0.4 is 0 Å². The minimum absolute atomic E-state index is 0.0560. The summed E-state index contributed by atoms with van der Waals surface area (Å²) >= 11 is 0. The number of rotatable bonds is 5. The smallest absolute Gasteiger partial charge is 0.221 e. The van der Waals surface area contributed by atoms with E-state index in [0.717, 1.165) is 24.3 Å². The first-order valence-electron chi connectivity index (χ1n) is 8.94. The Morgan fingerprint density at radius 3 is 1.77 bits per heavy atom. The third-order valence-corrected chi connectivity index (χ3v) is 4.79. The lowest BCUT2D eigenvalue weighted by Crippen LogP contribution is -2.60. The number of aryl methyl sites for hydroxylation is 2. The van der Waals surface area contributed by atoms with Crippen molar-refractivity contribution in [2.75, 3.05) is 0 Å². The Morgan fingerprint density at radius 1 is 0.839 bits per heavy atom. The van der Waals surface area contributed by atoms with Gasteiger partial charge < -0.3 is 0 Å². The third-order valence-electron chi connectivity index (χ3n) is 4.79. The van der Waals surface area contributed by atoms with E-state index < -0.39 is 35.1 Å². The molecule has 1 unspecified atom stereocenters. The minimum Gasteiger partial charge on any atom is -0.221 e. The number of benzene rings is 2. The summed E-state index contributed by atoms with van der Waals surface area (Å²) in [6.07, 6.45) is -13.6. The summed E-state index contributed by atoms with van der Waals surface area (Å²) in [5.74, 6) is -6.78. The molecule has 1 atom stereocenters. The third kappa shape index (κ3) is 3.98. The molecule has 167 valence electrons. The van der Waals surface area contributed by atoms with Crippen LogP contribution in [0.1, 0.15) is 36.1 Å². The summed E-state index contributed by atoms with van der Waals surface area (Å²) in [6.45, 7) is 2.82. The van der Waals surface area contributed by atoms with E-state index in [2.05, 4.69) is 6.07 Å². The van der Waals surface area contributed by atoms with E-state index >= 15 is 4.39 Å². The predicted octanol–water partition coefficient (Wildman–Crippen LogP) is 7.07. The van der Waals surface area contributed by atoms with Crippen LogP contribution in [0.25, 0.3) is 11.1 Å². The van der Waals surface area contributed by atoms with Crippen molar-refractivity contribution < 1.29 is 39.5 Å². The van der Waals surface area contributed by atoms with Crippen molar-refractivity contribution in [2.24, 2.45) is 0 Å². The maximum Gasteiger partial charge on any atom is 0.457 e. The van der Waals surface area contributed by atoms with Crippen LogP contribution in [0.2, 0.25) is 0 Å². The Bertz CT molecular complexity index is 982. The number of halogens is 9. The molecule has 0 aliphatic rings. The fourth-order valence-corrected chi connectivity index (χ4v) is 3.16. The molecule has 2 aromatic carbocycles. The van der Waals surface area contributed by atoms with Gasteiger partial charge in [-0.25, -0.2) is 4.39 Å². The monoisotopic (exact) mass is 452 g/mol. The van der Waals surface area contributed by atoms with Crippen molar-refractivity contribution in [1.82, 2.24) is 0 Å². The van der Waals surface area contributed by atoms with E-state index in [0.29, 0.717) is 6.07 Å². The molecule has 1 nitrogen and oxygen atoms in total. The van der Waals surface area contributed by atoms with Gasteiger partial charge in [-0.3, -0.25) is 0 Å². The Morgan fingerprint density at radius 2 is 1.39 bits per heavy atom. The second-order valence-electron chi connectivity index (χ2n) is 6.69. The second kappa shape index (κ2) is 8.09. The summed E-state index contributed by atoms with van der Waals surface area (Å²) in [5, 5.41) is 8.87. The summed E-state index contributed by atoms with van der Waals surface area (Å²) in [4.78, 5) is 0. The molecular formula is C21H15F9N. The second-order valence-corrected chi connectivity index (χ2v) is 6.69. The highest BCUT2D eigenvalue weighted by molar-refractivity contribution is 5.74. The summed E-state index contributed by atoms with van der Waals surface area (Å²) in [7, 11) is 0. The zero-order valence-electron chi connectivity index (χ0n) is 16.1. The maximum atomic E-state index is 15.4. The van der Waals surface area contributed by atoms with Crippen LogP contribution in [0.4, 0.5) is 39.5 Å². The SMILES string of the molecule is CCc1[c]c(CC)c(-c2ccc(C#N)cc2)c(C(F)(C(F)(F)F)C(F)(F)C(F)(F)F)c1. The normalized spacial score (nSPS) is 14.8. The molecule has 2 rings (SSSR count). The molecule has 0 aromatic heterocycles. The Hall–Kier alpha value is -2.70. The summed E-state index contributed by atoms with van der Waals surface area (Å²) in [5.41, 5.74) is -9.21. The molecule has 0 aliphatic heterocycles. The van der Waals surface area contributed by atoms with E-state index in [1.807, 2.05) is 0 Å². The first kappa shape index (κ1) is 24.6. The highest BCUT2D eigenvalue weighted by Gasteiger charge is 2.82. The van der Waals surface area contributed by atoms with E-state index in [9.17, 15) is 35.1 Å². The number of nitrogens with zero attached hydrogens (tertiary/aromatic N) is 1. The Balaban J connectivity index is 3.06. The summed E-state index contributed by atoms with van der Waals surface area (Å²) in [6, 6.07) is 9.11. The molecular weight excluding hydrogens is 437 g/mol. The molecule has 31 heavy (non-hydrogen) atoms. The van der Waals surface area contributed by atoms with Crippen molar-refractivity contribution in [3.63, 3.8) is 0 Å². The molecule has 0 spiro atoms. The molecule has 1 radical (unpaired) electrons. The van der Waals surface area contributed by atoms with Crippen LogP contribution in [0.15, 0.2) is 30.3 Å². The molecule has 0 fully saturated rings. The first-order valence-corrected chi connectivity index (χ1v) is 8.94. The lowest BCUT2D eigenvalue weighted by molar-refractivity contribution is -0.389. The largest absolute Gasteiger partial charge is 0.457 e. The molecule has 0 aliphatic carbocycles. The zero-order valence-corrected chi connectivity index (χ0v) is 16.1. The average molecular weight is 452 g/mol. The lowest BCUT2D eigenvalue weighted by atomic mass is 9.79. The average Bonchev–Trinajstić information content (AvgIpc) is 2.70.